The topological polar surface area (TPSA) is 132 Å². The molecule has 186 valence electrons. The molecule has 11 nitrogen and oxygen atoms in total. The smallest absolute Gasteiger partial charge is 0.224 e. The van der Waals surface area contributed by atoms with Gasteiger partial charge in [-0.15, -0.1) is 10.2 Å². The maximum Gasteiger partial charge on any atom is 0.224 e. The van der Waals surface area contributed by atoms with Gasteiger partial charge in [0.2, 0.25) is 5.88 Å². The van der Waals surface area contributed by atoms with Crippen LogP contribution in [-0.2, 0) is 17.8 Å². The first-order valence-corrected chi connectivity index (χ1v) is 11.7. The fourth-order valence-electron chi connectivity index (χ4n) is 4.14. The summed E-state index contributed by atoms with van der Waals surface area (Å²) >= 11 is 0. The van der Waals surface area contributed by atoms with Gasteiger partial charge in [-0.25, -0.2) is 19.9 Å². The quantitative estimate of drug-likeness (QED) is 0.345. The lowest BCUT2D eigenvalue weighted by molar-refractivity contribution is 0.275. The van der Waals surface area contributed by atoms with Gasteiger partial charge in [0, 0.05) is 29.1 Å². The van der Waals surface area contributed by atoms with E-state index in [0.29, 0.717) is 41.7 Å². The van der Waals surface area contributed by atoms with Gasteiger partial charge in [-0.3, -0.25) is 4.40 Å². The van der Waals surface area contributed by atoms with E-state index < -0.39 is 0 Å². The second kappa shape index (κ2) is 9.10. The molecule has 1 aliphatic rings. The summed E-state index contributed by atoms with van der Waals surface area (Å²) in [5, 5.41) is 22.1. The SMILES string of the molecule is CC1(C)COC(Cc2ccc3ncnc(Nc4ccc(Oc5cc6nncn6cn5)c(CO)c4)c3c2)=N1. The van der Waals surface area contributed by atoms with Gasteiger partial charge in [0.1, 0.15) is 37.2 Å². The number of hydrogen-bond donors (Lipinski definition) is 2. The Morgan fingerprint density at radius 3 is 2.84 bits per heavy atom. The fourth-order valence-corrected chi connectivity index (χ4v) is 4.14. The zero-order valence-electron chi connectivity index (χ0n) is 20.3. The van der Waals surface area contributed by atoms with Crippen LogP contribution in [-0.4, -0.2) is 52.7 Å². The van der Waals surface area contributed by atoms with Crippen molar-refractivity contribution in [2.45, 2.75) is 32.4 Å². The molecule has 0 atom stereocenters. The molecule has 4 heterocycles. The molecule has 0 saturated carbocycles. The first kappa shape index (κ1) is 22.8. The second-order valence-electron chi connectivity index (χ2n) is 9.39. The molecule has 2 aromatic carbocycles. The highest BCUT2D eigenvalue weighted by molar-refractivity contribution is 5.92. The monoisotopic (exact) mass is 496 g/mol. The number of anilines is 2. The molecule has 0 bridgehead atoms. The molecule has 0 radical (unpaired) electrons. The molecule has 6 rings (SSSR count). The summed E-state index contributed by atoms with van der Waals surface area (Å²) in [5.41, 5.74) is 3.62. The van der Waals surface area contributed by atoms with Crippen molar-refractivity contribution in [1.82, 2.24) is 29.5 Å². The predicted molar refractivity (Wildman–Crippen MR) is 137 cm³/mol. The van der Waals surface area contributed by atoms with E-state index in [1.807, 2.05) is 30.3 Å². The van der Waals surface area contributed by atoms with Crippen LogP contribution in [0.25, 0.3) is 16.6 Å². The van der Waals surface area contributed by atoms with Crippen LogP contribution in [0.4, 0.5) is 11.5 Å². The Morgan fingerprint density at radius 1 is 1.08 bits per heavy atom. The standard InChI is InChI=1S/C26H24N8O3/c1-26(2)12-36-24(32-26)8-16-3-5-20-19(7-16)25(28-13-27-20)31-18-4-6-21(17(9-18)11-35)37-23-10-22-33-30-15-34(22)14-29-23/h3-7,9-10,13-15,35H,8,11-12H2,1-2H3,(H,27,28,31). The maximum atomic E-state index is 10.0. The number of nitrogens with zero attached hydrogens (tertiary/aromatic N) is 7. The number of fused-ring (bicyclic) bond motifs is 2. The highest BCUT2D eigenvalue weighted by atomic mass is 16.5. The van der Waals surface area contributed by atoms with Crippen molar-refractivity contribution in [2.75, 3.05) is 11.9 Å². The summed E-state index contributed by atoms with van der Waals surface area (Å²) in [6.07, 6.45) is 5.25. The van der Waals surface area contributed by atoms with Crippen molar-refractivity contribution in [3.63, 3.8) is 0 Å². The minimum absolute atomic E-state index is 0.193. The number of hydrogen-bond acceptors (Lipinski definition) is 10. The maximum absolute atomic E-state index is 10.0. The number of aliphatic hydroxyl groups is 1. The number of rotatable bonds is 7. The second-order valence-corrected chi connectivity index (χ2v) is 9.39. The van der Waals surface area contributed by atoms with Crippen LogP contribution >= 0.6 is 0 Å². The third kappa shape index (κ3) is 4.76. The van der Waals surface area contributed by atoms with E-state index in [2.05, 4.69) is 49.3 Å². The highest BCUT2D eigenvalue weighted by Crippen LogP contribution is 2.30. The van der Waals surface area contributed by atoms with Gasteiger partial charge in [0.05, 0.1) is 17.7 Å². The van der Waals surface area contributed by atoms with Gasteiger partial charge >= 0.3 is 0 Å². The Morgan fingerprint density at radius 2 is 2.00 bits per heavy atom. The van der Waals surface area contributed by atoms with Crippen molar-refractivity contribution in [3.05, 3.63) is 72.6 Å². The molecule has 0 fully saturated rings. The van der Waals surface area contributed by atoms with Crippen molar-refractivity contribution < 1.29 is 14.6 Å². The Labute approximate surface area is 211 Å². The lowest BCUT2D eigenvalue weighted by atomic mass is 10.1. The average Bonchev–Trinajstić information content (AvgIpc) is 3.50. The zero-order valence-corrected chi connectivity index (χ0v) is 20.3. The van der Waals surface area contributed by atoms with Gasteiger partial charge in [0.25, 0.3) is 0 Å². The Hall–Kier alpha value is -4.64. The van der Waals surface area contributed by atoms with Gasteiger partial charge in [-0.2, -0.15) is 0 Å². The van der Waals surface area contributed by atoms with E-state index in [1.54, 1.807) is 29.2 Å². The molecule has 2 N–H and O–H groups in total. The average molecular weight is 497 g/mol. The number of aromatic nitrogens is 6. The van der Waals surface area contributed by atoms with Crippen LogP contribution in [0, 0.1) is 0 Å². The molecular weight excluding hydrogens is 472 g/mol. The summed E-state index contributed by atoms with van der Waals surface area (Å²) < 4.78 is 13.4. The van der Waals surface area contributed by atoms with E-state index >= 15 is 0 Å². The Balaban J connectivity index is 1.25. The summed E-state index contributed by atoms with van der Waals surface area (Å²) in [7, 11) is 0. The molecule has 0 unspecified atom stereocenters. The van der Waals surface area contributed by atoms with Gasteiger partial charge < -0.3 is 19.9 Å². The predicted octanol–water partition coefficient (Wildman–Crippen LogP) is 3.85. The third-order valence-corrected chi connectivity index (χ3v) is 5.95. The minimum Gasteiger partial charge on any atom is -0.478 e. The molecule has 0 saturated heterocycles. The van der Waals surface area contributed by atoms with Crippen molar-refractivity contribution >= 4 is 34.0 Å². The van der Waals surface area contributed by atoms with Gasteiger partial charge in [0.15, 0.2) is 11.5 Å². The van der Waals surface area contributed by atoms with Crippen molar-refractivity contribution in [1.29, 1.82) is 0 Å². The first-order chi connectivity index (χ1) is 18.0. The summed E-state index contributed by atoms with van der Waals surface area (Å²) in [6.45, 7) is 4.48. The zero-order chi connectivity index (χ0) is 25.4. The van der Waals surface area contributed by atoms with E-state index in [1.165, 1.54) is 6.33 Å². The summed E-state index contributed by atoms with van der Waals surface area (Å²) in [4.78, 5) is 17.8. The van der Waals surface area contributed by atoms with Crippen LogP contribution < -0.4 is 10.1 Å². The van der Waals surface area contributed by atoms with Gasteiger partial charge in [-0.05, 0) is 49.7 Å². The number of aliphatic hydroxyl groups excluding tert-OH is 1. The largest absolute Gasteiger partial charge is 0.478 e. The van der Waals surface area contributed by atoms with Crippen LogP contribution in [0.5, 0.6) is 11.6 Å². The van der Waals surface area contributed by atoms with Crippen LogP contribution in [0.3, 0.4) is 0 Å². The number of nitrogens with one attached hydrogen (secondary N) is 1. The number of benzene rings is 2. The number of aliphatic imine (C=N–C) groups is 1. The van der Waals surface area contributed by atoms with E-state index in [4.69, 9.17) is 9.47 Å². The molecule has 11 heteroatoms. The molecule has 0 aliphatic carbocycles. The minimum atomic E-state index is -0.217. The van der Waals surface area contributed by atoms with Crippen LogP contribution in [0.15, 0.2) is 66.4 Å². The highest BCUT2D eigenvalue weighted by Gasteiger charge is 2.26. The molecule has 1 aliphatic heterocycles. The van der Waals surface area contributed by atoms with Crippen LogP contribution in [0.2, 0.25) is 0 Å². The molecule has 0 amide bonds. The lowest BCUT2D eigenvalue weighted by Gasteiger charge is -2.13. The Bertz CT molecular complexity index is 1650. The van der Waals surface area contributed by atoms with Crippen LogP contribution in [0.1, 0.15) is 25.0 Å². The van der Waals surface area contributed by atoms with E-state index in [0.717, 1.165) is 28.1 Å². The van der Waals surface area contributed by atoms with E-state index in [-0.39, 0.29) is 12.1 Å². The summed E-state index contributed by atoms with van der Waals surface area (Å²) in [6, 6.07) is 13.1. The molecule has 0 spiro atoms. The van der Waals surface area contributed by atoms with Crippen molar-refractivity contribution in [3.8, 4) is 11.6 Å². The summed E-state index contributed by atoms with van der Waals surface area (Å²) in [5.74, 6) is 2.22. The third-order valence-electron chi connectivity index (χ3n) is 5.95. The molecule has 5 aromatic rings. The van der Waals surface area contributed by atoms with Crippen molar-refractivity contribution in [2.24, 2.45) is 4.99 Å². The normalized spacial score (nSPS) is 14.5. The first-order valence-electron chi connectivity index (χ1n) is 11.7. The Kier molecular flexibility index (Phi) is 5.61. The van der Waals surface area contributed by atoms with E-state index in [9.17, 15) is 5.11 Å². The van der Waals surface area contributed by atoms with Gasteiger partial charge in [-0.1, -0.05) is 6.07 Å². The fraction of sp³-hybridized carbons (Fsp3) is 0.231. The lowest BCUT2D eigenvalue weighted by Crippen LogP contribution is -2.17. The molecule has 3 aromatic heterocycles. The molecule has 37 heavy (non-hydrogen) atoms. The molecular formula is C26H24N8O3. The number of ether oxygens (including phenoxy) is 2.